The van der Waals surface area contributed by atoms with Gasteiger partial charge in [0.25, 0.3) is 0 Å². The molecular formula is C17H15NO3. The molecule has 0 aromatic heterocycles. The van der Waals surface area contributed by atoms with E-state index in [1.54, 1.807) is 36.4 Å². The maximum Gasteiger partial charge on any atom is 0.343 e. The largest absolute Gasteiger partial charge is 0.490 e. The van der Waals surface area contributed by atoms with Gasteiger partial charge in [-0.15, -0.1) is 0 Å². The van der Waals surface area contributed by atoms with Crippen LogP contribution in [-0.4, -0.2) is 12.6 Å². The average Bonchev–Trinajstić information content (AvgIpc) is 2.54. The fraction of sp³-hybridized carbons (Fsp3) is 0.176. The highest BCUT2D eigenvalue weighted by Gasteiger charge is 2.12. The molecule has 0 heterocycles. The third-order valence-electron chi connectivity index (χ3n) is 2.74. The first-order valence-corrected chi connectivity index (χ1v) is 6.68. The molecule has 0 aliphatic rings. The van der Waals surface area contributed by atoms with Crippen molar-refractivity contribution < 1.29 is 14.3 Å². The van der Waals surface area contributed by atoms with E-state index in [0.29, 0.717) is 29.2 Å². The molecule has 0 amide bonds. The zero-order valence-electron chi connectivity index (χ0n) is 11.7. The summed E-state index contributed by atoms with van der Waals surface area (Å²) >= 11 is 0. The highest BCUT2D eigenvalue weighted by atomic mass is 16.6. The lowest BCUT2D eigenvalue weighted by Crippen LogP contribution is -2.10. The summed E-state index contributed by atoms with van der Waals surface area (Å²) < 4.78 is 10.9. The molecule has 106 valence electrons. The Balaban J connectivity index is 2.17. The number of hydrogen-bond donors (Lipinski definition) is 0. The van der Waals surface area contributed by atoms with E-state index < -0.39 is 5.97 Å². The van der Waals surface area contributed by atoms with Gasteiger partial charge in [-0.3, -0.25) is 0 Å². The molecule has 4 heteroatoms. The molecule has 0 fully saturated rings. The number of carbonyl (C=O) groups excluding carboxylic acids is 1. The topological polar surface area (TPSA) is 59.3 Å². The Morgan fingerprint density at radius 2 is 1.90 bits per heavy atom. The summed E-state index contributed by atoms with van der Waals surface area (Å²) in [7, 11) is 0. The molecule has 2 aromatic carbocycles. The van der Waals surface area contributed by atoms with Crippen molar-refractivity contribution in [3.8, 4) is 17.6 Å². The highest BCUT2D eigenvalue weighted by molar-refractivity contribution is 5.91. The minimum atomic E-state index is -0.514. The van der Waals surface area contributed by atoms with E-state index in [0.717, 1.165) is 6.42 Å². The van der Waals surface area contributed by atoms with Gasteiger partial charge in [0, 0.05) is 0 Å². The second-order valence-corrected chi connectivity index (χ2v) is 4.38. The summed E-state index contributed by atoms with van der Waals surface area (Å²) in [5.74, 6) is 0.391. The van der Waals surface area contributed by atoms with E-state index in [1.165, 1.54) is 6.07 Å². The fourth-order valence-corrected chi connectivity index (χ4v) is 1.74. The third-order valence-corrected chi connectivity index (χ3v) is 2.74. The Morgan fingerprint density at radius 3 is 2.62 bits per heavy atom. The van der Waals surface area contributed by atoms with Crippen molar-refractivity contribution >= 4 is 5.97 Å². The van der Waals surface area contributed by atoms with Crippen LogP contribution in [0.4, 0.5) is 0 Å². The number of nitrogens with zero attached hydrogens (tertiary/aromatic N) is 1. The van der Waals surface area contributed by atoms with E-state index in [4.69, 9.17) is 14.7 Å². The Morgan fingerprint density at radius 1 is 1.14 bits per heavy atom. The Labute approximate surface area is 123 Å². The van der Waals surface area contributed by atoms with E-state index in [2.05, 4.69) is 0 Å². The summed E-state index contributed by atoms with van der Waals surface area (Å²) in [4.78, 5) is 12.1. The third kappa shape index (κ3) is 3.83. The van der Waals surface area contributed by atoms with Crippen LogP contribution in [0, 0.1) is 11.3 Å². The summed E-state index contributed by atoms with van der Waals surface area (Å²) in [6, 6.07) is 15.4. The Bertz CT molecular complexity index is 674. The maximum atomic E-state index is 12.1. The van der Waals surface area contributed by atoms with Crippen LogP contribution in [-0.2, 0) is 0 Å². The zero-order chi connectivity index (χ0) is 15.1. The molecular weight excluding hydrogens is 266 g/mol. The molecule has 0 aliphatic carbocycles. The molecule has 21 heavy (non-hydrogen) atoms. The van der Waals surface area contributed by atoms with Gasteiger partial charge in [-0.25, -0.2) is 4.79 Å². The number of benzene rings is 2. The lowest BCUT2D eigenvalue weighted by Gasteiger charge is -2.10. The second-order valence-electron chi connectivity index (χ2n) is 4.38. The first kappa shape index (κ1) is 14.6. The average molecular weight is 281 g/mol. The van der Waals surface area contributed by atoms with Gasteiger partial charge in [-0.2, -0.15) is 5.26 Å². The molecule has 0 radical (unpaired) electrons. The minimum absolute atomic E-state index is 0.333. The number of carbonyl (C=O) groups is 1. The van der Waals surface area contributed by atoms with Crippen LogP contribution >= 0.6 is 0 Å². The van der Waals surface area contributed by atoms with E-state index in [-0.39, 0.29) is 0 Å². The van der Waals surface area contributed by atoms with Crippen molar-refractivity contribution in [2.75, 3.05) is 6.61 Å². The van der Waals surface area contributed by atoms with Gasteiger partial charge in [-0.1, -0.05) is 25.1 Å². The molecule has 0 aliphatic heterocycles. The highest BCUT2D eigenvalue weighted by Crippen LogP contribution is 2.27. The summed E-state index contributed by atoms with van der Waals surface area (Å²) in [6.45, 7) is 2.56. The smallest absolute Gasteiger partial charge is 0.343 e. The van der Waals surface area contributed by atoms with Gasteiger partial charge < -0.3 is 9.47 Å². The van der Waals surface area contributed by atoms with E-state index in [9.17, 15) is 4.79 Å². The number of ether oxygens (including phenoxy) is 2. The summed E-state index contributed by atoms with van der Waals surface area (Å²) in [6.07, 6.45) is 0.868. The van der Waals surface area contributed by atoms with E-state index >= 15 is 0 Å². The van der Waals surface area contributed by atoms with Crippen molar-refractivity contribution in [2.45, 2.75) is 13.3 Å². The standard InChI is InChI=1S/C17H15NO3/c1-2-10-20-15-8-3-4-9-16(15)21-17(19)14-7-5-6-13(11-14)12-18/h3-9,11H,2,10H2,1H3. The van der Waals surface area contributed by atoms with Crippen molar-refractivity contribution in [1.82, 2.24) is 0 Å². The molecule has 4 nitrogen and oxygen atoms in total. The van der Waals surface area contributed by atoms with E-state index in [1.807, 2.05) is 19.1 Å². The van der Waals surface area contributed by atoms with Gasteiger partial charge in [0.15, 0.2) is 11.5 Å². The molecule has 0 atom stereocenters. The lowest BCUT2D eigenvalue weighted by atomic mass is 10.1. The molecule has 0 unspecified atom stereocenters. The number of para-hydroxylation sites is 2. The predicted octanol–water partition coefficient (Wildman–Crippen LogP) is 3.57. The maximum absolute atomic E-state index is 12.1. The number of hydrogen-bond acceptors (Lipinski definition) is 4. The number of esters is 1. The molecule has 2 rings (SSSR count). The van der Waals surface area contributed by atoms with Crippen LogP contribution < -0.4 is 9.47 Å². The normalized spacial score (nSPS) is 9.71. The van der Waals surface area contributed by atoms with Gasteiger partial charge in [0.05, 0.1) is 23.8 Å². The molecule has 0 bridgehead atoms. The van der Waals surface area contributed by atoms with Crippen LogP contribution in [0.15, 0.2) is 48.5 Å². The molecule has 2 aromatic rings. The fourth-order valence-electron chi connectivity index (χ4n) is 1.74. The van der Waals surface area contributed by atoms with Crippen molar-refractivity contribution in [1.29, 1.82) is 5.26 Å². The molecule has 0 N–H and O–H groups in total. The first-order chi connectivity index (χ1) is 10.2. The van der Waals surface area contributed by atoms with Gasteiger partial charge in [0.2, 0.25) is 0 Å². The Hall–Kier alpha value is -2.80. The summed E-state index contributed by atoms with van der Waals surface area (Å²) in [5, 5.41) is 8.85. The first-order valence-electron chi connectivity index (χ1n) is 6.68. The van der Waals surface area contributed by atoms with Crippen LogP contribution in [0.1, 0.15) is 29.3 Å². The predicted molar refractivity (Wildman–Crippen MR) is 78.3 cm³/mol. The second kappa shape index (κ2) is 7.11. The van der Waals surface area contributed by atoms with Gasteiger partial charge in [-0.05, 0) is 36.8 Å². The van der Waals surface area contributed by atoms with Crippen LogP contribution in [0.3, 0.4) is 0 Å². The van der Waals surface area contributed by atoms with Gasteiger partial charge in [0.1, 0.15) is 0 Å². The van der Waals surface area contributed by atoms with Crippen LogP contribution in [0.5, 0.6) is 11.5 Å². The summed E-state index contributed by atoms with van der Waals surface area (Å²) in [5.41, 5.74) is 0.749. The quantitative estimate of drug-likeness (QED) is 0.621. The zero-order valence-corrected chi connectivity index (χ0v) is 11.7. The van der Waals surface area contributed by atoms with Crippen LogP contribution in [0.25, 0.3) is 0 Å². The van der Waals surface area contributed by atoms with Gasteiger partial charge >= 0.3 is 5.97 Å². The number of nitriles is 1. The Kier molecular flexibility index (Phi) is 4.94. The van der Waals surface area contributed by atoms with Crippen molar-refractivity contribution in [3.63, 3.8) is 0 Å². The molecule has 0 saturated heterocycles. The SMILES string of the molecule is CCCOc1ccccc1OC(=O)c1cccc(C#N)c1. The van der Waals surface area contributed by atoms with Crippen LogP contribution in [0.2, 0.25) is 0 Å². The van der Waals surface area contributed by atoms with Crippen molar-refractivity contribution in [3.05, 3.63) is 59.7 Å². The molecule has 0 spiro atoms. The lowest BCUT2D eigenvalue weighted by molar-refractivity contribution is 0.0728. The molecule has 0 saturated carbocycles. The minimum Gasteiger partial charge on any atom is -0.490 e. The monoisotopic (exact) mass is 281 g/mol. The van der Waals surface area contributed by atoms with Crippen molar-refractivity contribution in [2.24, 2.45) is 0 Å². The number of rotatable bonds is 5.